The minimum Gasteiger partial charge on any atom is -0.341 e. The van der Waals surface area contributed by atoms with E-state index < -0.39 is 5.92 Å². The van der Waals surface area contributed by atoms with Crippen LogP contribution in [0.3, 0.4) is 0 Å². The highest BCUT2D eigenvalue weighted by Crippen LogP contribution is 2.31. The highest BCUT2D eigenvalue weighted by atomic mass is 79.9. The SMILES string of the molecule is O=C1N=C(N2CCCCC2)N=C2N=CC=C(c3ccc(Br)cc3)C12. The molecule has 3 aliphatic rings. The van der Waals surface area contributed by atoms with Gasteiger partial charge in [-0.1, -0.05) is 28.1 Å². The first-order chi connectivity index (χ1) is 11.7. The predicted molar refractivity (Wildman–Crippen MR) is 99.4 cm³/mol. The average Bonchev–Trinajstić information content (AvgIpc) is 2.62. The number of fused-ring (bicyclic) bond motifs is 1. The molecular weight excluding hydrogens is 368 g/mol. The molecule has 0 aliphatic carbocycles. The van der Waals surface area contributed by atoms with Gasteiger partial charge in [0.25, 0.3) is 5.91 Å². The number of carbonyl (C=O) groups is 1. The molecule has 122 valence electrons. The Labute approximate surface area is 149 Å². The number of halogens is 1. The van der Waals surface area contributed by atoms with E-state index in [0.29, 0.717) is 11.8 Å². The lowest BCUT2D eigenvalue weighted by molar-refractivity contribution is -0.118. The van der Waals surface area contributed by atoms with Gasteiger partial charge < -0.3 is 4.90 Å². The Balaban J connectivity index is 1.65. The van der Waals surface area contributed by atoms with E-state index >= 15 is 0 Å². The normalized spacial score (nSPS) is 23.4. The zero-order valence-electron chi connectivity index (χ0n) is 13.2. The molecule has 0 bridgehead atoms. The van der Waals surface area contributed by atoms with Gasteiger partial charge in [-0.2, -0.15) is 9.98 Å². The van der Waals surface area contributed by atoms with E-state index in [9.17, 15) is 4.79 Å². The van der Waals surface area contributed by atoms with Crippen molar-refractivity contribution in [3.05, 3.63) is 40.4 Å². The number of hydrogen-bond donors (Lipinski definition) is 0. The third kappa shape index (κ3) is 2.86. The highest BCUT2D eigenvalue weighted by Gasteiger charge is 2.35. The van der Waals surface area contributed by atoms with Crippen molar-refractivity contribution in [2.24, 2.45) is 20.9 Å². The van der Waals surface area contributed by atoms with Crippen molar-refractivity contribution in [2.45, 2.75) is 19.3 Å². The fraction of sp³-hybridized carbons (Fsp3) is 0.333. The molecule has 0 aromatic heterocycles. The summed E-state index contributed by atoms with van der Waals surface area (Å²) >= 11 is 3.44. The fourth-order valence-electron chi connectivity index (χ4n) is 3.27. The molecule has 6 heteroatoms. The number of dihydropyridines is 1. The van der Waals surface area contributed by atoms with E-state index in [0.717, 1.165) is 41.5 Å². The zero-order chi connectivity index (χ0) is 16.5. The topological polar surface area (TPSA) is 57.4 Å². The Bertz CT molecular complexity index is 786. The summed E-state index contributed by atoms with van der Waals surface area (Å²) in [6.45, 7) is 1.82. The first-order valence-electron chi connectivity index (χ1n) is 8.18. The molecule has 0 N–H and O–H groups in total. The van der Waals surface area contributed by atoms with Crippen molar-refractivity contribution in [3.63, 3.8) is 0 Å². The van der Waals surface area contributed by atoms with Gasteiger partial charge in [-0.15, -0.1) is 0 Å². The minimum atomic E-state index is -0.496. The van der Waals surface area contributed by atoms with Crippen molar-refractivity contribution >= 4 is 45.4 Å². The Morgan fingerprint density at radius 2 is 1.79 bits per heavy atom. The second-order valence-corrected chi connectivity index (χ2v) is 7.02. The van der Waals surface area contributed by atoms with Crippen molar-refractivity contribution < 1.29 is 4.79 Å². The lowest BCUT2D eigenvalue weighted by Crippen LogP contribution is -2.40. The van der Waals surface area contributed by atoms with Gasteiger partial charge in [0.2, 0.25) is 5.96 Å². The van der Waals surface area contributed by atoms with E-state index in [4.69, 9.17) is 0 Å². The van der Waals surface area contributed by atoms with Crippen LogP contribution in [0.1, 0.15) is 24.8 Å². The van der Waals surface area contributed by atoms with Gasteiger partial charge in [-0.05, 0) is 48.6 Å². The molecule has 0 spiro atoms. The number of guanidine groups is 1. The maximum Gasteiger partial charge on any atom is 0.264 e. The Morgan fingerprint density at radius 3 is 2.54 bits per heavy atom. The van der Waals surface area contributed by atoms with E-state index in [1.54, 1.807) is 6.21 Å². The second-order valence-electron chi connectivity index (χ2n) is 6.11. The van der Waals surface area contributed by atoms with Crippen LogP contribution in [-0.4, -0.2) is 41.9 Å². The van der Waals surface area contributed by atoms with Crippen LogP contribution in [0.4, 0.5) is 0 Å². The third-order valence-corrected chi connectivity index (χ3v) is 5.05. The molecule has 1 atom stereocenters. The number of piperidine rings is 1. The summed E-state index contributed by atoms with van der Waals surface area (Å²) in [6, 6.07) is 7.91. The molecule has 1 aromatic carbocycles. The lowest BCUT2D eigenvalue weighted by atomic mass is 9.88. The number of aliphatic imine (C=N–C) groups is 3. The van der Waals surface area contributed by atoms with E-state index in [1.807, 2.05) is 30.3 Å². The molecule has 3 aliphatic heterocycles. The third-order valence-electron chi connectivity index (χ3n) is 4.52. The number of carbonyl (C=O) groups excluding carboxylic acids is 1. The first-order valence-corrected chi connectivity index (χ1v) is 8.98. The van der Waals surface area contributed by atoms with Crippen LogP contribution < -0.4 is 0 Å². The van der Waals surface area contributed by atoms with Crippen molar-refractivity contribution in [2.75, 3.05) is 13.1 Å². The number of amidine groups is 1. The van der Waals surface area contributed by atoms with Crippen LogP contribution in [0.15, 0.2) is 49.8 Å². The Hall–Kier alpha value is -2.08. The van der Waals surface area contributed by atoms with Gasteiger partial charge >= 0.3 is 0 Å². The lowest BCUT2D eigenvalue weighted by Gasteiger charge is -2.30. The van der Waals surface area contributed by atoms with Crippen molar-refractivity contribution in [1.29, 1.82) is 0 Å². The molecule has 1 saturated heterocycles. The molecule has 0 radical (unpaired) electrons. The van der Waals surface area contributed by atoms with Crippen LogP contribution in [0, 0.1) is 5.92 Å². The number of amides is 1. The summed E-state index contributed by atoms with van der Waals surface area (Å²) in [5.74, 6) is 0.410. The van der Waals surface area contributed by atoms with Gasteiger partial charge in [0.15, 0.2) is 0 Å². The molecule has 4 rings (SSSR count). The molecule has 1 fully saturated rings. The van der Waals surface area contributed by atoms with Gasteiger partial charge in [0.05, 0.1) is 0 Å². The van der Waals surface area contributed by atoms with Crippen molar-refractivity contribution in [1.82, 2.24) is 4.90 Å². The van der Waals surface area contributed by atoms with E-state index in [2.05, 4.69) is 35.8 Å². The summed E-state index contributed by atoms with van der Waals surface area (Å²) in [5, 5.41) is 0. The monoisotopic (exact) mass is 384 g/mol. The fourth-order valence-corrected chi connectivity index (χ4v) is 3.54. The molecule has 1 amide bonds. The molecule has 3 heterocycles. The Morgan fingerprint density at radius 1 is 1.04 bits per heavy atom. The van der Waals surface area contributed by atoms with Gasteiger partial charge in [0.1, 0.15) is 11.8 Å². The first kappa shape index (κ1) is 15.4. The quantitative estimate of drug-likeness (QED) is 0.745. The van der Waals surface area contributed by atoms with Gasteiger partial charge in [-0.25, -0.2) is 4.99 Å². The molecular formula is C18H17BrN4O. The smallest absolute Gasteiger partial charge is 0.264 e. The molecule has 1 aromatic rings. The number of nitrogens with zero attached hydrogens (tertiary/aromatic N) is 4. The largest absolute Gasteiger partial charge is 0.341 e. The van der Waals surface area contributed by atoms with Crippen molar-refractivity contribution in [3.8, 4) is 0 Å². The molecule has 1 unspecified atom stereocenters. The predicted octanol–water partition coefficient (Wildman–Crippen LogP) is 3.31. The van der Waals surface area contributed by atoms with Crippen LogP contribution >= 0.6 is 15.9 Å². The second kappa shape index (κ2) is 6.43. The summed E-state index contributed by atoms with van der Waals surface area (Å²) in [7, 11) is 0. The number of rotatable bonds is 1. The van der Waals surface area contributed by atoms with Crippen LogP contribution in [0.25, 0.3) is 5.57 Å². The number of benzene rings is 1. The minimum absolute atomic E-state index is 0.174. The zero-order valence-corrected chi connectivity index (χ0v) is 14.7. The van der Waals surface area contributed by atoms with E-state index in [1.165, 1.54) is 6.42 Å². The van der Waals surface area contributed by atoms with Gasteiger partial charge in [-0.3, -0.25) is 4.79 Å². The number of allylic oxidation sites excluding steroid dienone is 1. The highest BCUT2D eigenvalue weighted by molar-refractivity contribution is 9.10. The summed E-state index contributed by atoms with van der Waals surface area (Å²) in [5.41, 5.74) is 1.90. The maximum atomic E-state index is 12.7. The summed E-state index contributed by atoms with van der Waals surface area (Å²) in [4.78, 5) is 28.0. The maximum absolute atomic E-state index is 12.7. The standard InChI is InChI=1S/C18H17BrN4O/c19-13-6-4-12(5-7-13)14-8-9-20-16-15(14)17(24)22-18(21-16)23-10-2-1-3-11-23/h4-9,15H,1-3,10-11H2. The number of likely N-dealkylation sites (tertiary alicyclic amines) is 1. The van der Waals surface area contributed by atoms with Gasteiger partial charge in [0, 0.05) is 23.8 Å². The number of hydrogen-bond acceptors (Lipinski definition) is 4. The molecule has 5 nitrogen and oxygen atoms in total. The molecule has 0 saturated carbocycles. The Kier molecular flexibility index (Phi) is 4.14. The van der Waals surface area contributed by atoms with Crippen LogP contribution in [-0.2, 0) is 4.79 Å². The van der Waals surface area contributed by atoms with Crippen LogP contribution in [0.5, 0.6) is 0 Å². The van der Waals surface area contributed by atoms with E-state index in [-0.39, 0.29) is 5.91 Å². The summed E-state index contributed by atoms with van der Waals surface area (Å²) < 4.78 is 1.01. The average molecular weight is 385 g/mol. The summed E-state index contributed by atoms with van der Waals surface area (Å²) in [6.07, 6.45) is 7.07. The van der Waals surface area contributed by atoms with Crippen LogP contribution in [0.2, 0.25) is 0 Å². The molecule has 24 heavy (non-hydrogen) atoms.